The van der Waals surface area contributed by atoms with Crippen molar-refractivity contribution >= 4 is 19.1 Å². The van der Waals surface area contributed by atoms with E-state index < -0.39 is 8.32 Å². The van der Waals surface area contributed by atoms with Crippen LogP contribution in [0, 0.1) is 13.8 Å². The molecule has 0 saturated carbocycles. The van der Waals surface area contributed by atoms with Gasteiger partial charge in [-0.15, -0.1) is 0 Å². The van der Waals surface area contributed by atoms with Gasteiger partial charge in [-0.3, -0.25) is 4.79 Å². The number of fused-ring (bicyclic) bond motifs is 1. The Morgan fingerprint density at radius 2 is 1.52 bits per heavy atom. The molecular weight excluding hydrogens is 406 g/mol. The second-order valence-corrected chi connectivity index (χ2v) is 14.3. The molecule has 0 aliphatic rings. The van der Waals surface area contributed by atoms with Crippen molar-refractivity contribution < 1.29 is 13.9 Å². The van der Waals surface area contributed by atoms with Gasteiger partial charge in [-0.25, -0.2) is 0 Å². The average molecular weight is 440 g/mol. The van der Waals surface area contributed by atoms with Crippen LogP contribution in [-0.2, 0) is 0 Å². The van der Waals surface area contributed by atoms with E-state index in [1.165, 1.54) is 0 Å². The Kier molecular flexibility index (Phi) is 5.98. The Labute approximate surface area is 185 Å². The fourth-order valence-electron chi connectivity index (χ4n) is 3.45. The molecule has 1 N–H and O–H groups in total. The molecule has 0 spiro atoms. The lowest BCUT2D eigenvalue weighted by molar-refractivity contribution is 0.398. The van der Waals surface area contributed by atoms with E-state index in [1.807, 2.05) is 12.1 Å². The van der Waals surface area contributed by atoms with Crippen LogP contribution in [0.2, 0.25) is 18.1 Å². The van der Waals surface area contributed by atoms with Crippen LogP contribution >= 0.6 is 0 Å². The monoisotopic (exact) mass is 439 g/mol. The molecule has 6 heteroatoms. The predicted octanol–water partition coefficient (Wildman–Crippen LogP) is 6.21. The number of aromatic nitrogens is 1. The molecule has 0 unspecified atom stereocenters. The lowest BCUT2D eigenvalue weighted by atomic mass is 10.0. The minimum absolute atomic E-state index is 0.117. The van der Waals surface area contributed by atoms with E-state index >= 15 is 0 Å². The maximum atomic E-state index is 12.9. The summed E-state index contributed by atoms with van der Waals surface area (Å²) in [5.74, 6) is 2.08. The van der Waals surface area contributed by atoms with Crippen molar-refractivity contribution in [1.82, 2.24) is 4.98 Å². The molecule has 0 amide bonds. The SMILES string of the molecule is COc1cc(OC)c2c(=O)[nH]c(-c3cc(C)c(O[Si](C)(C)C(C)(C)C)c(C)c3)cc2c1. The summed E-state index contributed by atoms with van der Waals surface area (Å²) in [4.78, 5) is 15.9. The van der Waals surface area contributed by atoms with Gasteiger partial charge in [0.1, 0.15) is 17.2 Å². The molecule has 0 saturated heterocycles. The molecule has 3 rings (SSSR count). The lowest BCUT2D eigenvalue weighted by Crippen LogP contribution is -2.44. The van der Waals surface area contributed by atoms with Gasteiger partial charge in [0.25, 0.3) is 13.9 Å². The number of pyridine rings is 1. The molecule has 0 atom stereocenters. The van der Waals surface area contributed by atoms with E-state index in [1.54, 1.807) is 20.3 Å². The van der Waals surface area contributed by atoms with Gasteiger partial charge in [-0.2, -0.15) is 0 Å². The molecule has 0 radical (unpaired) electrons. The third kappa shape index (κ3) is 4.35. The maximum absolute atomic E-state index is 12.9. The third-order valence-electron chi connectivity index (χ3n) is 6.27. The van der Waals surface area contributed by atoms with Crippen molar-refractivity contribution in [2.75, 3.05) is 14.2 Å². The number of rotatable bonds is 5. The van der Waals surface area contributed by atoms with Gasteiger partial charge >= 0.3 is 0 Å². The van der Waals surface area contributed by atoms with Gasteiger partial charge in [0.05, 0.1) is 19.6 Å². The smallest absolute Gasteiger partial charge is 0.260 e. The van der Waals surface area contributed by atoms with Crippen molar-refractivity contribution in [3.63, 3.8) is 0 Å². The van der Waals surface area contributed by atoms with E-state index in [-0.39, 0.29) is 10.6 Å². The normalized spacial score (nSPS) is 12.2. The second-order valence-electron chi connectivity index (χ2n) is 9.61. The standard InChI is InChI=1S/C25H33NO4Si/c1-15-10-17(11-16(2)23(15)30-31(8,9)25(3,4)5)20-13-18-12-19(28-6)14-21(29-7)22(18)24(27)26-20/h10-14H,1-9H3,(H,26,27). The fourth-order valence-corrected chi connectivity index (χ4v) is 4.59. The highest BCUT2D eigenvalue weighted by atomic mass is 28.4. The summed E-state index contributed by atoms with van der Waals surface area (Å²) in [6.45, 7) is 15.3. The summed E-state index contributed by atoms with van der Waals surface area (Å²) in [6, 6.07) is 9.68. The number of H-pyrrole nitrogens is 1. The molecule has 166 valence electrons. The summed E-state index contributed by atoms with van der Waals surface area (Å²) >= 11 is 0. The first kappa shape index (κ1) is 22.9. The summed E-state index contributed by atoms with van der Waals surface area (Å²) in [5, 5.41) is 1.40. The van der Waals surface area contributed by atoms with Gasteiger partial charge in [0.15, 0.2) is 0 Å². The van der Waals surface area contributed by atoms with Crippen molar-refractivity contribution in [3.05, 3.63) is 51.8 Å². The first-order valence-corrected chi connectivity index (χ1v) is 13.4. The van der Waals surface area contributed by atoms with E-state index in [2.05, 4.69) is 64.8 Å². The Balaban J connectivity index is 2.13. The predicted molar refractivity (Wildman–Crippen MR) is 130 cm³/mol. The Morgan fingerprint density at radius 1 is 0.903 bits per heavy atom. The minimum Gasteiger partial charge on any atom is -0.543 e. The highest BCUT2D eigenvalue weighted by molar-refractivity contribution is 6.74. The van der Waals surface area contributed by atoms with Crippen LogP contribution in [0.3, 0.4) is 0 Å². The molecule has 2 aromatic carbocycles. The summed E-state index contributed by atoms with van der Waals surface area (Å²) in [7, 11) is 1.19. The van der Waals surface area contributed by atoms with Gasteiger partial charge < -0.3 is 18.9 Å². The number of methoxy groups -OCH3 is 2. The van der Waals surface area contributed by atoms with Crippen molar-refractivity contribution in [2.24, 2.45) is 0 Å². The number of nitrogens with one attached hydrogen (secondary N) is 1. The highest BCUT2D eigenvalue weighted by Crippen LogP contribution is 2.40. The first-order valence-electron chi connectivity index (χ1n) is 10.5. The topological polar surface area (TPSA) is 60.5 Å². The van der Waals surface area contributed by atoms with Crippen LogP contribution in [0.4, 0.5) is 0 Å². The molecule has 0 fully saturated rings. The molecule has 0 bridgehead atoms. The Morgan fingerprint density at radius 3 is 2.03 bits per heavy atom. The van der Waals surface area contributed by atoms with E-state index in [0.29, 0.717) is 16.9 Å². The number of aryl methyl sites for hydroxylation is 2. The lowest BCUT2D eigenvalue weighted by Gasteiger charge is -2.37. The average Bonchev–Trinajstić information content (AvgIpc) is 2.68. The van der Waals surface area contributed by atoms with Crippen LogP contribution in [0.1, 0.15) is 31.9 Å². The molecule has 3 aromatic rings. The zero-order valence-corrected chi connectivity index (χ0v) is 21.0. The fraction of sp³-hybridized carbons (Fsp3) is 0.400. The quantitative estimate of drug-likeness (QED) is 0.480. The molecule has 1 aromatic heterocycles. The zero-order valence-electron chi connectivity index (χ0n) is 20.0. The van der Waals surface area contributed by atoms with Gasteiger partial charge in [0, 0.05) is 11.8 Å². The molecule has 1 heterocycles. The number of ether oxygens (including phenoxy) is 2. The van der Waals surface area contributed by atoms with Crippen LogP contribution in [0.5, 0.6) is 17.2 Å². The largest absolute Gasteiger partial charge is 0.543 e. The first-order chi connectivity index (χ1) is 14.4. The van der Waals surface area contributed by atoms with Crippen LogP contribution in [-0.4, -0.2) is 27.5 Å². The molecular formula is C25H33NO4Si. The molecule has 31 heavy (non-hydrogen) atoms. The molecule has 0 aliphatic heterocycles. The van der Waals surface area contributed by atoms with Crippen molar-refractivity contribution in [3.8, 4) is 28.5 Å². The highest BCUT2D eigenvalue weighted by Gasteiger charge is 2.39. The molecule has 5 nitrogen and oxygen atoms in total. The maximum Gasteiger partial charge on any atom is 0.260 e. The van der Waals surface area contributed by atoms with Gasteiger partial charge in [-0.1, -0.05) is 20.8 Å². The zero-order chi connectivity index (χ0) is 23.1. The van der Waals surface area contributed by atoms with Crippen molar-refractivity contribution in [1.29, 1.82) is 0 Å². The van der Waals surface area contributed by atoms with Gasteiger partial charge in [-0.05, 0) is 78.3 Å². The van der Waals surface area contributed by atoms with Gasteiger partial charge in [0.2, 0.25) is 0 Å². The van der Waals surface area contributed by atoms with E-state index in [0.717, 1.165) is 33.5 Å². The number of aromatic amines is 1. The minimum atomic E-state index is -1.96. The van der Waals surface area contributed by atoms with Crippen molar-refractivity contribution in [2.45, 2.75) is 52.8 Å². The molecule has 0 aliphatic carbocycles. The second kappa shape index (κ2) is 8.08. The Bertz CT molecular complexity index is 1170. The van der Waals surface area contributed by atoms with E-state index in [9.17, 15) is 4.79 Å². The third-order valence-corrected chi connectivity index (χ3v) is 10.6. The summed E-state index contributed by atoms with van der Waals surface area (Å²) in [5.41, 5.74) is 3.62. The summed E-state index contributed by atoms with van der Waals surface area (Å²) < 4.78 is 17.4. The van der Waals surface area contributed by atoms with Crippen LogP contribution in [0.25, 0.3) is 22.0 Å². The van der Waals surface area contributed by atoms with Crippen LogP contribution < -0.4 is 19.5 Å². The van der Waals surface area contributed by atoms with Crippen LogP contribution in [0.15, 0.2) is 35.1 Å². The number of benzene rings is 2. The Hall–Kier alpha value is -2.73. The number of hydrogen-bond donors (Lipinski definition) is 1. The number of hydrogen-bond acceptors (Lipinski definition) is 4. The van der Waals surface area contributed by atoms with E-state index in [4.69, 9.17) is 13.9 Å². The summed E-state index contributed by atoms with van der Waals surface area (Å²) in [6.07, 6.45) is 0.